The maximum Gasteiger partial charge on any atom is 0.161 e. The van der Waals surface area contributed by atoms with Gasteiger partial charge in [-0.1, -0.05) is 30.3 Å². The summed E-state index contributed by atoms with van der Waals surface area (Å²) in [6, 6.07) is 15.1. The number of nitrogens with one attached hydrogen (secondary N) is 1. The smallest absolute Gasteiger partial charge is 0.161 e. The lowest BCUT2D eigenvalue weighted by Gasteiger charge is -2.03. The Hall–Kier alpha value is -2.49. The number of aromatic hydroxyl groups is 1. The van der Waals surface area contributed by atoms with Crippen molar-refractivity contribution in [1.82, 2.24) is 5.43 Å². The lowest BCUT2D eigenvalue weighted by atomic mass is 10.2. The van der Waals surface area contributed by atoms with Crippen LogP contribution in [-0.4, -0.2) is 18.4 Å². The third kappa shape index (κ3) is 3.74. The Bertz CT molecular complexity index is 553. The van der Waals surface area contributed by atoms with E-state index in [9.17, 15) is 5.11 Å². The number of methoxy groups -OCH3 is 1. The molecule has 0 radical (unpaired) electrons. The molecule has 0 aromatic heterocycles. The average molecular weight is 256 g/mol. The second-order valence-electron chi connectivity index (χ2n) is 4.01. The van der Waals surface area contributed by atoms with E-state index in [1.165, 1.54) is 12.7 Å². The summed E-state index contributed by atoms with van der Waals surface area (Å²) in [4.78, 5) is 0. The number of hydrogen-bond donors (Lipinski definition) is 2. The van der Waals surface area contributed by atoms with Crippen molar-refractivity contribution in [2.45, 2.75) is 6.54 Å². The fourth-order valence-corrected chi connectivity index (χ4v) is 1.63. The van der Waals surface area contributed by atoms with Crippen molar-refractivity contribution in [2.24, 2.45) is 5.10 Å². The number of phenolic OH excluding ortho intramolecular Hbond substituents is 1. The van der Waals surface area contributed by atoms with E-state index >= 15 is 0 Å². The molecule has 0 aliphatic carbocycles. The zero-order chi connectivity index (χ0) is 13.5. The second kappa shape index (κ2) is 6.44. The van der Waals surface area contributed by atoms with E-state index in [2.05, 4.69) is 10.5 Å². The highest BCUT2D eigenvalue weighted by Crippen LogP contribution is 2.25. The largest absolute Gasteiger partial charge is 0.504 e. The number of rotatable bonds is 5. The summed E-state index contributed by atoms with van der Waals surface area (Å²) in [5, 5.41) is 13.6. The Morgan fingerprint density at radius 1 is 1.21 bits per heavy atom. The molecule has 0 spiro atoms. The van der Waals surface area contributed by atoms with Gasteiger partial charge in [0.2, 0.25) is 0 Å². The molecule has 0 amide bonds. The molecular weight excluding hydrogens is 240 g/mol. The minimum absolute atomic E-state index is 0.122. The van der Waals surface area contributed by atoms with Crippen LogP contribution in [0.15, 0.2) is 53.6 Å². The van der Waals surface area contributed by atoms with Gasteiger partial charge in [-0.15, -0.1) is 0 Å². The molecule has 19 heavy (non-hydrogen) atoms. The van der Waals surface area contributed by atoms with E-state index in [0.717, 1.165) is 5.56 Å². The Morgan fingerprint density at radius 3 is 2.74 bits per heavy atom. The molecule has 0 aliphatic heterocycles. The molecule has 4 heteroatoms. The minimum atomic E-state index is 0.122. The molecule has 0 saturated carbocycles. The third-order valence-electron chi connectivity index (χ3n) is 2.63. The number of hydrogen-bond acceptors (Lipinski definition) is 4. The summed E-state index contributed by atoms with van der Waals surface area (Å²) in [5.74, 6) is 0.559. The molecular formula is C15H16N2O2. The first kappa shape index (κ1) is 13.0. The van der Waals surface area contributed by atoms with Gasteiger partial charge in [-0.2, -0.15) is 5.10 Å². The van der Waals surface area contributed by atoms with E-state index in [1.807, 2.05) is 30.3 Å². The Morgan fingerprint density at radius 2 is 2.00 bits per heavy atom. The molecule has 0 aliphatic rings. The number of benzene rings is 2. The molecule has 4 nitrogen and oxygen atoms in total. The lowest BCUT2D eigenvalue weighted by Crippen LogP contribution is -2.05. The van der Waals surface area contributed by atoms with Crippen LogP contribution in [0.4, 0.5) is 0 Å². The fourth-order valence-electron chi connectivity index (χ4n) is 1.63. The van der Waals surface area contributed by atoms with Crippen molar-refractivity contribution in [3.8, 4) is 11.5 Å². The lowest BCUT2D eigenvalue weighted by molar-refractivity contribution is 0.373. The molecule has 2 aromatic rings. The van der Waals surface area contributed by atoms with Crippen LogP contribution in [0.25, 0.3) is 0 Å². The van der Waals surface area contributed by atoms with Crippen molar-refractivity contribution in [3.05, 3.63) is 59.7 Å². The number of nitrogens with zero attached hydrogens (tertiary/aromatic N) is 1. The minimum Gasteiger partial charge on any atom is -0.504 e. The SMILES string of the molecule is COc1cc(C=NNCc2ccccc2)ccc1O. The molecule has 0 atom stereocenters. The Balaban J connectivity index is 1.92. The van der Waals surface area contributed by atoms with Crippen molar-refractivity contribution < 1.29 is 9.84 Å². The normalized spacial score (nSPS) is 10.6. The Kier molecular flexibility index (Phi) is 4.39. The van der Waals surface area contributed by atoms with Crippen molar-refractivity contribution >= 4 is 6.21 Å². The Labute approximate surface area is 112 Å². The summed E-state index contributed by atoms with van der Waals surface area (Å²) < 4.78 is 5.03. The van der Waals surface area contributed by atoms with Gasteiger partial charge in [0, 0.05) is 0 Å². The standard InChI is InChI=1S/C15H16N2O2/c1-19-15-9-13(7-8-14(15)18)11-17-16-10-12-5-3-2-4-6-12/h2-9,11,16,18H,10H2,1H3. The molecule has 0 fully saturated rings. The van der Waals surface area contributed by atoms with Gasteiger partial charge >= 0.3 is 0 Å². The van der Waals surface area contributed by atoms with Crippen LogP contribution in [-0.2, 0) is 6.54 Å². The maximum absolute atomic E-state index is 9.47. The highest BCUT2D eigenvalue weighted by Gasteiger charge is 2.00. The zero-order valence-electron chi connectivity index (χ0n) is 10.7. The molecule has 2 aromatic carbocycles. The van der Waals surface area contributed by atoms with E-state index < -0.39 is 0 Å². The van der Waals surface area contributed by atoms with Gasteiger partial charge in [0.25, 0.3) is 0 Å². The van der Waals surface area contributed by atoms with E-state index in [0.29, 0.717) is 12.3 Å². The van der Waals surface area contributed by atoms with Gasteiger partial charge in [0.15, 0.2) is 11.5 Å². The molecule has 98 valence electrons. The topological polar surface area (TPSA) is 53.8 Å². The van der Waals surface area contributed by atoms with Crippen LogP contribution < -0.4 is 10.2 Å². The van der Waals surface area contributed by atoms with Gasteiger partial charge < -0.3 is 15.3 Å². The monoisotopic (exact) mass is 256 g/mol. The van der Waals surface area contributed by atoms with Crippen LogP contribution in [0, 0.1) is 0 Å². The fraction of sp³-hybridized carbons (Fsp3) is 0.133. The highest BCUT2D eigenvalue weighted by atomic mass is 16.5. The second-order valence-corrected chi connectivity index (χ2v) is 4.01. The summed E-state index contributed by atoms with van der Waals surface area (Å²) in [5.41, 5.74) is 4.99. The highest BCUT2D eigenvalue weighted by molar-refractivity contribution is 5.80. The third-order valence-corrected chi connectivity index (χ3v) is 2.63. The predicted octanol–water partition coefficient (Wildman–Crippen LogP) is 2.52. The summed E-state index contributed by atoms with van der Waals surface area (Å²) in [6.45, 7) is 0.673. The van der Waals surface area contributed by atoms with E-state index in [-0.39, 0.29) is 5.75 Å². The van der Waals surface area contributed by atoms with Crippen molar-refractivity contribution in [1.29, 1.82) is 0 Å². The van der Waals surface area contributed by atoms with Gasteiger partial charge in [0.1, 0.15) is 0 Å². The van der Waals surface area contributed by atoms with Crippen LogP contribution >= 0.6 is 0 Å². The maximum atomic E-state index is 9.47. The van der Waals surface area contributed by atoms with Gasteiger partial charge in [-0.05, 0) is 29.3 Å². The average Bonchev–Trinajstić information content (AvgIpc) is 2.46. The molecule has 0 unspecified atom stereocenters. The van der Waals surface area contributed by atoms with E-state index in [4.69, 9.17) is 4.74 Å². The van der Waals surface area contributed by atoms with E-state index in [1.54, 1.807) is 24.4 Å². The first-order chi connectivity index (χ1) is 9.29. The summed E-state index contributed by atoms with van der Waals surface area (Å²) in [7, 11) is 1.52. The molecule has 2 rings (SSSR count). The molecule has 0 heterocycles. The quantitative estimate of drug-likeness (QED) is 0.638. The van der Waals surface area contributed by atoms with Gasteiger partial charge in [-0.3, -0.25) is 0 Å². The zero-order valence-corrected chi connectivity index (χ0v) is 10.7. The van der Waals surface area contributed by atoms with Gasteiger partial charge in [-0.25, -0.2) is 0 Å². The van der Waals surface area contributed by atoms with Crippen LogP contribution in [0.5, 0.6) is 11.5 Å². The summed E-state index contributed by atoms with van der Waals surface area (Å²) in [6.07, 6.45) is 1.69. The first-order valence-corrected chi connectivity index (χ1v) is 5.96. The molecule has 2 N–H and O–H groups in total. The molecule has 0 bridgehead atoms. The first-order valence-electron chi connectivity index (χ1n) is 5.96. The number of ether oxygens (including phenoxy) is 1. The predicted molar refractivity (Wildman–Crippen MR) is 75.5 cm³/mol. The van der Waals surface area contributed by atoms with Gasteiger partial charge in [0.05, 0.1) is 19.9 Å². The number of phenols is 1. The summed E-state index contributed by atoms with van der Waals surface area (Å²) >= 11 is 0. The van der Waals surface area contributed by atoms with Crippen molar-refractivity contribution in [3.63, 3.8) is 0 Å². The van der Waals surface area contributed by atoms with Crippen molar-refractivity contribution in [2.75, 3.05) is 7.11 Å². The van der Waals surface area contributed by atoms with Crippen LogP contribution in [0.2, 0.25) is 0 Å². The number of hydrazone groups is 1. The molecule has 0 saturated heterocycles. The van der Waals surface area contributed by atoms with Crippen LogP contribution in [0.1, 0.15) is 11.1 Å². The van der Waals surface area contributed by atoms with Crippen LogP contribution in [0.3, 0.4) is 0 Å².